The van der Waals surface area contributed by atoms with E-state index in [0.717, 1.165) is 32.1 Å². The summed E-state index contributed by atoms with van der Waals surface area (Å²) in [4.78, 5) is 15.1. The number of nitrogens with one attached hydrogen (secondary N) is 1. The maximum atomic E-state index is 12.7. The Labute approximate surface area is 180 Å². The molecule has 1 aliphatic rings. The van der Waals surface area contributed by atoms with Crippen LogP contribution in [0, 0.1) is 0 Å². The Morgan fingerprint density at radius 2 is 1.57 bits per heavy atom. The van der Waals surface area contributed by atoms with Gasteiger partial charge in [-0.25, -0.2) is 0 Å². The summed E-state index contributed by atoms with van der Waals surface area (Å²) in [5.74, 6) is 1.21. The van der Waals surface area contributed by atoms with Gasteiger partial charge in [0.05, 0.1) is 25.4 Å². The number of hydrogen-bond acceptors (Lipinski definition) is 4. The van der Waals surface area contributed by atoms with Gasteiger partial charge in [0.25, 0.3) is 5.91 Å². The van der Waals surface area contributed by atoms with E-state index < -0.39 is 0 Å². The molecule has 0 aromatic heterocycles. The highest BCUT2D eigenvalue weighted by atomic mass is 16.5. The molecule has 5 heteroatoms. The van der Waals surface area contributed by atoms with Gasteiger partial charge >= 0.3 is 0 Å². The lowest BCUT2D eigenvalue weighted by molar-refractivity contribution is 0.0162. The zero-order chi connectivity index (χ0) is 21.5. The average molecular weight is 411 g/mol. The van der Waals surface area contributed by atoms with Crippen LogP contribution in [-0.2, 0) is 4.74 Å². The summed E-state index contributed by atoms with van der Waals surface area (Å²) in [5, 5.41) is 3.13. The van der Waals surface area contributed by atoms with E-state index in [0.29, 0.717) is 18.0 Å². The Morgan fingerprint density at radius 3 is 2.13 bits per heavy atom. The number of nitrogens with zero attached hydrogens (tertiary/aromatic N) is 1. The molecule has 0 spiro atoms. The summed E-state index contributed by atoms with van der Waals surface area (Å²) >= 11 is 0. The van der Waals surface area contributed by atoms with Crippen molar-refractivity contribution in [2.75, 3.05) is 32.8 Å². The molecule has 162 valence electrons. The highest BCUT2D eigenvalue weighted by Crippen LogP contribution is 2.24. The molecule has 1 N–H and O–H groups in total. The Morgan fingerprint density at radius 1 is 0.967 bits per heavy atom. The number of rotatable bonds is 8. The molecule has 0 bridgehead atoms. The maximum absolute atomic E-state index is 12.7. The number of amides is 1. The van der Waals surface area contributed by atoms with Crippen LogP contribution in [0.5, 0.6) is 5.75 Å². The quantitative estimate of drug-likeness (QED) is 0.701. The molecule has 1 heterocycles. The summed E-state index contributed by atoms with van der Waals surface area (Å²) < 4.78 is 11.2. The zero-order valence-electron chi connectivity index (χ0n) is 18.6. The predicted molar refractivity (Wildman–Crippen MR) is 120 cm³/mol. The first-order valence-electron chi connectivity index (χ1n) is 10.9. The smallest absolute Gasteiger partial charge is 0.251 e. The third kappa shape index (κ3) is 6.07. The molecule has 2 aromatic rings. The standard InChI is InChI=1S/C25H34N2O3/c1-18(2)20-5-7-21(8-6-20)24(27-13-15-29-16-14-27)17-26-25(28)22-9-11-23(12-10-22)30-19(3)4/h5-12,18-19,24H,13-17H2,1-4H3,(H,26,28)/t24-/m0/s1. The minimum atomic E-state index is -0.0665. The van der Waals surface area contributed by atoms with Gasteiger partial charge in [-0.2, -0.15) is 0 Å². The minimum absolute atomic E-state index is 0.0665. The van der Waals surface area contributed by atoms with Gasteiger partial charge in [-0.05, 0) is 55.2 Å². The van der Waals surface area contributed by atoms with E-state index in [4.69, 9.17) is 9.47 Å². The first-order chi connectivity index (χ1) is 14.4. The summed E-state index contributed by atoms with van der Waals surface area (Å²) in [6.07, 6.45) is 0.112. The van der Waals surface area contributed by atoms with Crippen LogP contribution in [0.1, 0.15) is 61.1 Å². The van der Waals surface area contributed by atoms with E-state index in [2.05, 4.69) is 48.3 Å². The highest BCUT2D eigenvalue weighted by molar-refractivity contribution is 5.94. The molecule has 1 amide bonds. The summed E-state index contributed by atoms with van der Waals surface area (Å²) in [6, 6.07) is 16.2. The second-order valence-corrected chi connectivity index (χ2v) is 8.39. The Hall–Kier alpha value is -2.37. The molecule has 1 saturated heterocycles. The maximum Gasteiger partial charge on any atom is 0.251 e. The van der Waals surface area contributed by atoms with Gasteiger partial charge in [0.15, 0.2) is 0 Å². The van der Waals surface area contributed by atoms with Crippen molar-refractivity contribution in [3.8, 4) is 5.75 Å². The van der Waals surface area contributed by atoms with Crippen molar-refractivity contribution in [3.05, 3.63) is 65.2 Å². The fraction of sp³-hybridized carbons (Fsp3) is 0.480. The fourth-order valence-electron chi connectivity index (χ4n) is 3.70. The van der Waals surface area contributed by atoms with Crippen LogP contribution < -0.4 is 10.1 Å². The number of carbonyl (C=O) groups excluding carboxylic acids is 1. The molecular formula is C25H34N2O3. The van der Waals surface area contributed by atoms with Gasteiger partial charge in [0.2, 0.25) is 0 Å². The van der Waals surface area contributed by atoms with Gasteiger partial charge in [-0.1, -0.05) is 38.1 Å². The van der Waals surface area contributed by atoms with Gasteiger partial charge in [-0.3, -0.25) is 9.69 Å². The number of morpholine rings is 1. The van der Waals surface area contributed by atoms with Crippen LogP contribution in [0.2, 0.25) is 0 Å². The van der Waals surface area contributed by atoms with Crippen molar-refractivity contribution in [2.24, 2.45) is 0 Å². The average Bonchev–Trinajstić information content (AvgIpc) is 2.75. The number of benzene rings is 2. The lowest BCUT2D eigenvalue weighted by atomic mass is 9.98. The molecule has 3 rings (SSSR count). The second-order valence-electron chi connectivity index (χ2n) is 8.39. The van der Waals surface area contributed by atoms with Gasteiger partial charge in [-0.15, -0.1) is 0 Å². The molecular weight excluding hydrogens is 376 g/mol. The van der Waals surface area contributed by atoms with E-state index in [1.165, 1.54) is 11.1 Å². The van der Waals surface area contributed by atoms with Crippen molar-refractivity contribution in [1.29, 1.82) is 0 Å². The van der Waals surface area contributed by atoms with Crippen molar-refractivity contribution in [3.63, 3.8) is 0 Å². The molecule has 0 unspecified atom stereocenters. The van der Waals surface area contributed by atoms with E-state index in [1.54, 1.807) is 0 Å². The third-order valence-corrected chi connectivity index (χ3v) is 5.42. The number of ether oxygens (including phenoxy) is 2. The van der Waals surface area contributed by atoms with Gasteiger partial charge in [0.1, 0.15) is 5.75 Å². The van der Waals surface area contributed by atoms with E-state index in [1.807, 2.05) is 38.1 Å². The normalized spacial score (nSPS) is 15.9. The van der Waals surface area contributed by atoms with E-state index in [-0.39, 0.29) is 18.1 Å². The molecule has 0 radical (unpaired) electrons. The third-order valence-electron chi connectivity index (χ3n) is 5.42. The van der Waals surface area contributed by atoms with Crippen molar-refractivity contribution in [2.45, 2.75) is 45.8 Å². The molecule has 0 saturated carbocycles. The summed E-state index contributed by atoms with van der Waals surface area (Å²) in [7, 11) is 0. The fourth-order valence-corrected chi connectivity index (χ4v) is 3.70. The lowest BCUT2D eigenvalue weighted by Gasteiger charge is -2.35. The van der Waals surface area contributed by atoms with Crippen molar-refractivity contribution < 1.29 is 14.3 Å². The molecule has 1 fully saturated rings. The zero-order valence-corrected chi connectivity index (χ0v) is 18.6. The molecule has 1 aliphatic heterocycles. The monoisotopic (exact) mass is 410 g/mol. The molecule has 2 aromatic carbocycles. The minimum Gasteiger partial charge on any atom is -0.491 e. The lowest BCUT2D eigenvalue weighted by Crippen LogP contribution is -2.43. The molecule has 5 nitrogen and oxygen atoms in total. The topological polar surface area (TPSA) is 50.8 Å². The molecule has 30 heavy (non-hydrogen) atoms. The van der Waals surface area contributed by atoms with Crippen LogP contribution >= 0.6 is 0 Å². The van der Waals surface area contributed by atoms with Crippen molar-refractivity contribution >= 4 is 5.91 Å². The highest BCUT2D eigenvalue weighted by Gasteiger charge is 2.23. The van der Waals surface area contributed by atoms with Crippen LogP contribution in [0.3, 0.4) is 0 Å². The van der Waals surface area contributed by atoms with E-state index >= 15 is 0 Å². The van der Waals surface area contributed by atoms with Gasteiger partial charge in [0, 0.05) is 25.2 Å². The Kier molecular flexibility index (Phi) is 7.88. The predicted octanol–water partition coefficient (Wildman–Crippen LogP) is 4.40. The van der Waals surface area contributed by atoms with Gasteiger partial charge < -0.3 is 14.8 Å². The second kappa shape index (κ2) is 10.6. The first kappa shape index (κ1) is 22.3. The molecule has 1 atom stereocenters. The Bertz CT molecular complexity index is 794. The van der Waals surface area contributed by atoms with Crippen LogP contribution in [0.4, 0.5) is 0 Å². The van der Waals surface area contributed by atoms with E-state index in [9.17, 15) is 4.79 Å². The largest absolute Gasteiger partial charge is 0.491 e. The number of hydrogen-bond donors (Lipinski definition) is 1. The molecule has 0 aliphatic carbocycles. The Balaban J connectivity index is 1.69. The van der Waals surface area contributed by atoms with Crippen LogP contribution in [0.15, 0.2) is 48.5 Å². The summed E-state index contributed by atoms with van der Waals surface area (Å²) in [5.41, 5.74) is 3.19. The SMILES string of the molecule is CC(C)Oc1ccc(C(=O)NC[C@@H](c2ccc(C(C)C)cc2)N2CCOCC2)cc1. The summed E-state index contributed by atoms with van der Waals surface area (Å²) in [6.45, 7) is 12.1. The van der Waals surface area contributed by atoms with Crippen LogP contribution in [-0.4, -0.2) is 49.8 Å². The van der Waals surface area contributed by atoms with Crippen LogP contribution in [0.25, 0.3) is 0 Å². The first-order valence-corrected chi connectivity index (χ1v) is 10.9. The van der Waals surface area contributed by atoms with Crippen molar-refractivity contribution in [1.82, 2.24) is 10.2 Å². The number of carbonyl (C=O) groups is 1.